The smallest absolute Gasteiger partial charge is 0.130 e. The summed E-state index contributed by atoms with van der Waals surface area (Å²) >= 11 is 0. The van der Waals surface area contributed by atoms with E-state index in [0.717, 1.165) is 61.8 Å². The van der Waals surface area contributed by atoms with E-state index in [1.54, 1.807) is 18.3 Å². The van der Waals surface area contributed by atoms with E-state index in [4.69, 9.17) is 4.74 Å². The van der Waals surface area contributed by atoms with Crippen LogP contribution in [0.5, 0.6) is 0 Å². The number of anilines is 3. The molecule has 0 bridgehead atoms. The zero-order valence-electron chi connectivity index (χ0n) is 16.0. The van der Waals surface area contributed by atoms with Gasteiger partial charge in [-0.05, 0) is 31.0 Å². The first kappa shape index (κ1) is 19.0. The molecule has 0 aliphatic carbocycles. The molecule has 1 aromatic carbocycles. The number of ether oxygens (including phenoxy) is 1. The van der Waals surface area contributed by atoms with Crippen LogP contribution >= 0.6 is 0 Å². The van der Waals surface area contributed by atoms with E-state index < -0.39 is 0 Å². The number of piperidine rings is 1. The second-order valence-electron chi connectivity index (χ2n) is 7.37. The molecule has 2 aromatic rings. The quantitative estimate of drug-likeness (QED) is 0.824. The SMILES string of the molecule is OCc1cnc(N2CCOCC2)cc1N[C@@H]1CCCN(c2cccc(F)c2)C1. The Morgan fingerprint density at radius 2 is 2.04 bits per heavy atom. The van der Waals surface area contributed by atoms with Gasteiger partial charge < -0.3 is 25.0 Å². The maximum atomic E-state index is 13.6. The molecule has 2 fully saturated rings. The zero-order chi connectivity index (χ0) is 19.3. The summed E-state index contributed by atoms with van der Waals surface area (Å²) in [5.41, 5.74) is 2.63. The van der Waals surface area contributed by atoms with Gasteiger partial charge in [0.15, 0.2) is 0 Å². The van der Waals surface area contributed by atoms with Crippen LogP contribution in [-0.4, -0.2) is 55.5 Å². The fourth-order valence-corrected chi connectivity index (χ4v) is 3.92. The molecule has 2 N–H and O–H groups in total. The largest absolute Gasteiger partial charge is 0.392 e. The van der Waals surface area contributed by atoms with Gasteiger partial charge in [0.1, 0.15) is 11.6 Å². The molecule has 1 atom stereocenters. The highest BCUT2D eigenvalue weighted by Crippen LogP contribution is 2.26. The fraction of sp³-hybridized carbons (Fsp3) is 0.476. The molecule has 2 aliphatic rings. The van der Waals surface area contributed by atoms with Gasteiger partial charge in [0.2, 0.25) is 0 Å². The molecule has 7 heteroatoms. The van der Waals surface area contributed by atoms with Crippen molar-refractivity contribution in [1.29, 1.82) is 0 Å². The van der Waals surface area contributed by atoms with Crippen molar-refractivity contribution >= 4 is 17.2 Å². The lowest BCUT2D eigenvalue weighted by atomic mass is 10.0. The number of halogens is 1. The van der Waals surface area contributed by atoms with Gasteiger partial charge in [-0.25, -0.2) is 9.37 Å². The highest BCUT2D eigenvalue weighted by Gasteiger charge is 2.22. The molecule has 150 valence electrons. The van der Waals surface area contributed by atoms with Crippen molar-refractivity contribution in [3.8, 4) is 0 Å². The third kappa shape index (κ3) is 4.36. The summed E-state index contributed by atoms with van der Waals surface area (Å²) < 4.78 is 19.0. The van der Waals surface area contributed by atoms with E-state index in [1.807, 2.05) is 12.1 Å². The topological polar surface area (TPSA) is 60.9 Å². The Morgan fingerprint density at radius 3 is 2.82 bits per heavy atom. The molecule has 0 amide bonds. The fourth-order valence-electron chi connectivity index (χ4n) is 3.92. The second-order valence-corrected chi connectivity index (χ2v) is 7.37. The Balaban J connectivity index is 1.49. The van der Waals surface area contributed by atoms with Crippen LogP contribution in [0.15, 0.2) is 36.5 Å². The molecule has 0 spiro atoms. The molecule has 2 aliphatic heterocycles. The van der Waals surface area contributed by atoms with Crippen molar-refractivity contribution in [3.05, 3.63) is 47.9 Å². The Labute approximate surface area is 164 Å². The van der Waals surface area contributed by atoms with Gasteiger partial charge in [-0.3, -0.25) is 0 Å². The predicted molar refractivity (Wildman–Crippen MR) is 108 cm³/mol. The van der Waals surface area contributed by atoms with E-state index >= 15 is 0 Å². The normalized spacial score (nSPS) is 20.3. The molecule has 3 heterocycles. The molecule has 0 radical (unpaired) electrons. The number of hydrogen-bond acceptors (Lipinski definition) is 6. The lowest BCUT2D eigenvalue weighted by Gasteiger charge is -2.36. The van der Waals surface area contributed by atoms with Crippen molar-refractivity contribution in [2.45, 2.75) is 25.5 Å². The van der Waals surface area contributed by atoms with Crippen molar-refractivity contribution in [1.82, 2.24) is 4.98 Å². The number of aromatic nitrogens is 1. The van der Waals surface area contributed by atoms with Gasteiger partial charge in [-0.15, -0.1) is 0 Å². The van der Waals surface area contributed by atoms with Gasteiger partial charge in [-0.2, -0.15) is 0 Å². The number of nitrogens with one attached hydrogen (secondary N) is 1. The summed E-state index contributed by atoms with van der Waals surface area (Å²) in [6.07, 6.45) is 3.82. The average molecular weight is 386 g/mol. The summed E-state index contributed by atoms with van der Waals surface area (Å²) in [6, 6.07) is 9.02. The Bertz CT molecular complexity index is 798. The number of rotatable bonds is 5. The molecule has 2 saturated heterocycles. The van der Waals surface area contributed by atoms with Crippen LogP contribution < -0.4 is 15.1 Å². The minimum absolute atomic E-state index is 0.0565. The molecular formula is C21H27FN4O2. The Hall–Kier alpha value is -2.38. The first-order chi connectivity index (χ1) is 13.7. The van der Waals surface area contributed by atoms with Gasteiger partial charge in [0.25, 0.3) is 0 Å². The van der Waals surface area contributed by atoms with Crippen molar-refractivity contribution in [3.63, 3.8) is 0 Å². The molecule has 4 rings (SSSR count). The minimum atomic E-state index is -0.209. The zero-order valence-corrected chi connectivity index (χ0v) is 16.0. The number of pyridine rings is 1. The predicted octanol–water partition coefficient (Wildman–Crippen LogP) is 2.63. The van der Waals surface area contributed by atoms with E-state index in [2.05, 4.69) is 20.1 Å². The molecule has 0 unspecified atom stereocenters. The standard InChI is InChI=1S/C21H27FN4O2/c22-17-3-1-5-19(11-17)26-6-2-4-18(14-26)24-20-12-21(23-13-16(20)15-27)25-7-9-28-10-8-25/h1,3,5,11-13,18,27H,2,4,6-10,14-15H2,(H,23,24)/t18-/m1/s1. The molecule has 6 nitrogen and oxygen atoms in total. The summed E-state index contributed by atoms with van der Waals surface area (Å²) in [5, 5.41) is 13.3. The monoisotopic (exact) mass is 386 g/mol. The van der Waals surface area contributed by atoms with Crippen molar-refractivity contribution in [2.24, 2.45) is 0 Å². The van der Waals surface area contributed by atoms with Crippen molar-refractivity contribution in [2.75, 3.05) is 54.5 Å². The van der Waals surface area contributed by atoms with E-state index in [-0.39, 0.29) is 18.5 Å². The molecule has 0 saturated carbocycles. The third-order valence-corrected chi connectivity index (χ3v) is 5.43. The maximum absolute atomic E-state index is 13.6. The van der Waals surface area contributed by atoms with E-state index in [1.165, 1.54) is 6.07 Å². The lowest BCUT2D eigenvalue weighted by Crippen LogP contribution is -2.42. The summed E-state index contributed by atoms with van der Waals surface area (Å²) in [6.45, 7) is 4.71. The number of aliphatic hydroxyl groups is 1. The Morgan fingerprint density at radius 1 is 1.18 bits per heavy atom. The minimum Gasteiger partial charge on any atom is -0.392 e. The van der Waals surface area contributed by atoms with Crippen molar-refractivity contribution < 1.29 is 14.2 Å². The van der Waals surface area contributed by atoms with Crippen LogP contribution in [-0.2, 0) is 11.3 Å². The molecule has 28 heavy (non-hydrogen) atoms. The number of morpholine rings is 1. The molecular weight excluding hydrogens is 359 g/mol. The molecule has 1 aromatic heterocycles. The van der Waals surface area contributed by atoms with Crippen LogP contribution in [0.25, 0.3) is 0 Å². The first-order valence-electron chi connectivity index (χ1n) is 9.92. The van der Waals surface area contributed by atoms with Crippen LogP contribution in [0.1, 0.15) is 18.4 Å². The maximum Gasteiger partial charge on any atom is 0.130 e. The number of aliphatic hydroxyl groups excluding tert-OH is 1. The van der Waals surface area contributed by atoms with Gasteiger partial charge in [-0.1, -0.05) is 6.07 Å². The summed E-state index contributed by atoms with van der Waals surface area (Å²) in [4.78, 5) is 8.94. The van der Waals surface area contributed by atoms with E-state index in [9.17, 15) is 9.50 Å². The van der Waals surface area contributed by atoms with Gasteiger partial charge in [0, 0.05) is 61.4 Å². The number of nitrogens with zero attached hydrogens (tertiary/aromatic N) is 3. The lowest BCUT2D eigenvalue weighted by molar-refractivity contribution is 0.122. The van der Waals surface area contributed by atoms with Crippen LogP contribution in [0.3, 0.4) is 0 Å². The third-order valence-electron chi connectivity index (χ3n) is 5.43. The van der Waals surface area contributed by atoms with Crippen LogP contribution in [0, 0.1) is 5.82 Å². The summed E-state index contributed by atoms with van der Waals surface area (Å²) in [7, 11) is 0. The van der Waals surface area contributed by atoms with Crippen LogP contribution in [0.4, 0.5) is 21.6 Å². The van der Waals surface area contributed by atoms with Gasteiger partial charge in [0.05, 0.1) is 19.8 Å². The number of benzene rings is 1. The second kappa shape index (κ2) is 8.75. The van der Waals surface area contributed by atoms with Crippen LogP contribution in [0.2, 0.25) is 0 Å². The highest BCUT2D eigenvalue weighted by molar-refractivity contribution is 5.59. The summed E-state index contributed by atoms with van der Waals surface area (Å²) in [5.74, 6) is 0.695. The highest BCUT2D eigenvalue weighted by atomic mass is 19.1. The Kier molecular flexibility index (Phi) is 5.92. The number of hydrogen-bond donors (Lipinski definition) is 2. The van der Waals surface area contributed by atoms with E-state index in [0.29, 0.717) is 13.2 Å². The average Bonchev–Trinajstić information content (AvgIpc) is 2.74. The van der Waals surface area contributed by atoms with Gasteiger partial charge >= 0.3 is 0 Å². The first-order valence-corrected chi connectivity index (χ1v) is 9.92.